The molecular weight excluding hydrogens is 311 g/mol. The van der Waals surface area contributed by atoms with Gasteiger partial charge in [-0.1, -0.05) is 18.2 Å². The van der Waals surface area contributed by atoms with Gasteiger partial charge >= 0.3 is 6.18 Å². The molecule has 6 nitrogen and oxygen atoms in total. The lowest BCUT2D eigenvalue weighted by molar-refractivity contribution is -0.137. The molecule has 1 N–H and O–H groups in total. The Morgan fingerprint density at radius 2 is 2.05 bits per heavy atom. The van der Waals surface area contributed by atoms with Crippen LogP contribution in [0.2, 0.25) is 0 Å². The minimum absolute atomic E-state index is 0.00228. The van der Waals surface area contributed by atoms with E-state index in [9.17, 15) is 21.6 Å². The van der Waals surface area contributed by atoms with E-state index < -0.39 is 27.5 Å². The normalized spacial score (nSPS) is 12.4. The van der Waals surface area contributed by atoms with Crippen molar-refractivity contribution in [2.45, 2.75) is 18.9 Å². The molecule has 0 saturated carbocycles. The molecule has 1 aromatic heterocycles. The summed E-state index contributed by atoms with van der Waals surface area (Å²) in [4.78, 5) is 3.65. The smallest absolute Gasteiger partial charge is 0.338 e. The Bertz CT molecular complexity index is 740. The second-order valence-corrected chi connectivity index (χ2v) is 5.92. The van der Waals surface area contributed by atoms with Crippen molar-refractivity contribution in [3.63, 3.8) is 0 Å². The maximum absolute atomic E-state index is 12.6. The van der Waals surface area contributed by atoms with Crippen LogP contribution in [0.1, 0.15) is 17.0 Å². The third kappa shape index (κ3) is 4.18. The first kappa shape index (κ1) is 15.3. The van der Waals surface area contributed by atoms with E-state index in [1.807, 2.05) is 4.72 Å². The van der Waals surface area contributed by atoms with Gasteiger partial charge in [0.2, 0.25) is 15.9 Å². The highest BCUT2D eigenvalue weighted by molar-refractivity contribution is 7.91. The topological polar surface area (TPSA) is 85.1 Å². The predicted octanol–water partition coefficient (Wildman–Crippen LogP) is 2.34. The average molecular weight is 321 g/mol. The lowest BCUT2D eigenvalue weighted by Crippen LogP contribution is -2.16. The number of anilines is 1. The molecule has 114 valence electrons. The van der Waals surface area contributed by atoms with E-state index in [0.29, 0.717) is 0 Å². The first-order valence-corrected chi connectivity index (χ1v) is 7.28. The molecule has 0 aliphatic rings. The van der Waals surface area contributed by atoms with Crippen LogP contribution in [0.25, 0.3) is 0 Å². The average Bonchev–Trinajstić information content (AvgIpc) is 2.72. The summed E-state index contributed by atoms with van der Waals surface area (Å²) in [5.41, 5.74) is -0.914. The molecule has 0 atom stereocenters. The van der Waals surface area contributed by atoms with Crippen molar-refractivity contribution in [2.75, 3.05) is 4.72 Å². The number of hydrogen-bond acceptors (Lipinski definition) is 5. The molecule has 1 aromatic carbocycles. The van der Waals surface area contributed by atoms with Gasteiger partial charge in [0.1, 0.15) is 0 Å². The van der Waals surface area contributed by atoms with E-state index in [1.54, 1.807) is 0 Å². The summed E-state index contributed by atoms with van der Waals surface area (Å²) in [6, 6.07) is 4.08. The Morgan fingerprint density at radius 3 is 2.62 bits per heavy atom. The highest BCUT2D eigenvalue weighted by Crippen LogP contribution is 2.29. The Balaban J connectivity index is 2.17. The van der Waals surface area contributed by atoms with Crippen LogP contribution in [0.15, 0.2) is 28.8 Å². The SMILES string of the molecule is Cc1nc(NS(=O)(=O)Cc2cccc(C(F)(F)F)c2)no1. The monoisotopic (exact) mass is 321 g/mol. The Hall–Kier alpha value is -2.10. The molecule has 2 rings (SSSR count). The zero-order valence-corrected chi connectivity index (χ0v) is 11.5. The number of aromatic nitrogens is 2. The Labute approximate surface area is 118 Å². The number of aryl methyl sites for hydroxylation is 1. The fraction of sp³-hybridized carbons (Fsp3) is 0.273. The van der Waals surface area contributed by atoms with Crippen LogP contribution < -0.4 is 4.72 Å². The quantitative estimate of drug-likeness (QED) is 0.934. The van der Waals surface area contributed by atoms with Gasteiger partial charge in [0.25, 0.3) is 5.95 Å². The van der Waals surface area contributed by atoms with Crippen molar-refractivity contribution in [1.82, 2.24) is 10.1 Å². The maximum atomic E-state index is 12.6. The summed E-state index contributed by atoms with van der Waals surface area (Å²) >= 11 is 0. The van der Waals surface area contributed by atoms with Gasteiger partial charge in [0.05, 0.1) is 11.3 Å². The van der Waals surface area contributed by atoms with Crippen molar-refractivity contribution >= 4 is 16.0 Å². The van der Waals surface area contributed by atoms with E-state index in [2.05, 4.69) is 14.7 Å². The number of hydrogen-bond donors (Lipinski definition) is 1. The summed E-state index contributed by atoms with van der Waals surface area (Å²) in [7, 11) is -3.94. The van der Waals surface area contributed by atoms with Crippen LogP contribution in [-0.4, -0.2) is 18.6 Å². The molecule has 0 fully saturated rings. The van der Waals surface area contributed by atoms with Gasteiger partial charge in [-0.05, 0) is 16.8 Å². The van der Waals surface area contributed by atoms with Crippen molar-refractivity contribution in [2.24, 2.45) is 0 Å². The van der Waals surface area contributed by atoms with Gasteiger partial charge in [-0.25, -0.2) is 13.1 Å². The zero-order chi connectivity index (χ0) is 15.7. The highest BCUT2D eigenvalue weighted by atomic mass is 32.2. The summed E-state index contributed by atoms with van der Waals surface area (Å²) < 4.78 is 67.9. The molecule has 0 radical (unpaired) electrons. The molecule has 0 amide bonds. The second kappa shape index (κ2) is 5.35. The number of alkyl halides is 3. The van der Waals surface area contributed by atoms with E-state index in [1.165, 1.54) is 13.0 Å². The fourth-order valence-corrected chi connectivity index (χ4v) is 2.62. The van der Waals surface area contributed by atoms with Gasteiger partial charge in [-0.3, -0.25) is 0 Å². The largest absolute Gasteiger partial charge is 0.416 e. The molecule has 0 saturated heterocycles. The van der Waals surface area contributed by atoms with E-state index in [0.717, 1.165) is 18.2 Å². The summed E-state index contributed by atoms with van der Waals surface area (Å²) in [6.45, 7) is 1.47. The molecule has 10 heteroatoms. The number of sulfonamides is 1. The lowest BCUT2D eigenvalue weighted by Gasteiger charge is -2.09. The van der Waals surface area contributed by atoms with Gasteiger partial charge < -0.3 is 4.52 Å². The van der Waals surface area contributed by atoms with Gasteiger partial charge in [0.15, 0.2) is 0 Å². The molecule has 0 unspecified atom stereocenters. The number of halogens is 3. The molecule has 0 aliphatic heterocycles. The van der Waals surface area contributed by atoms with Crippen LogP contribution in [0.5, 0.6) is 0 Å². The van der Waals surface area contributed by atoms with Crippen molar-refractivity contribution in [3.8, 4) is 0 Å². The Kier molecular flexibility index (Phi) is 3.90. The molecule has 21 heavy (non-hydrogen) atoms. The van der Waals surface area contributed by atoms with Crippen LogP contribution in [0.4, 0.5) is 19.1 Å². The zero-order valence-electron chi connectivity index (χ0n) is 10.7. The van der Waals surface area contributed by atoms with Crippen LogP contribution in [0.3, 0.4) is 0 Å². The molecule has 0 spiro atoms. The van der Waals surface area contributed by atoms with Crippen molar-refractivity contribution < 1.29 is 26.1 Å². The Morgan fingerprint density at radius 1 is 1.33 bits per heavy atom. The second-order valence-electron chi connectivity index (χ2n) is 4.20. The molecule has 1 heterocycles. The van der Waals surface area contributed by atoms with Crippen LogP contribution in [-0.2, 0) is 22.0 Å². The van der Waals surface area contributed by atoms with Crippen LogP contribution in [0, 0.1) is 6.92 Å². The predicted molar refractivity (Wildman–Crippen MR) is 66.7 cm³/mol. The van der Waals surface area contributed by atoms with Crippen molar-refractivity contribution in [1.29, 1.82) is 0 Å². The third-order valence-corrected chi connectivity index (χ3v) is 3.59. The number of nitrogens with zero attached hydrogens (tertiary/aromatic N) is 2. The van der Waals surface area contributed by atoms with E-state index in [-0.39, 0.29) is 17.4 Å². The first-order valence-electron chi connectivity index (χ1n) is 5.63. The maximum Gasteiger partial charge on any atom is 0.416 e. The molecule has 0 aliphatic carbocycles. The van der Waals surface area contributed by atoms with Gasteiger partial charge in [0, 0.05) is 6.92 Å². The third-order valence-electron chi connectivity index (χ3n) is 2.39. The first-order chi connectivity index (χ1) is 9.66. The fourth-order valence-electron chi connectivity index (χ4n) is 1.57. The lowest BCUT2D eigenvalue weighted by atomic mass is 10.1. The van der Waals surface area contributed by atoms with E-state index in [4.69, 9.17) is 0 Å². The number of benzene rings is 1. The van der Waals surface area contributed by atoms with Gasteiger partial charge in [-0.15, -0.1) is 0 Å². The molecule has 0 bridgehead atoms. The summed E-state index contributed by atoms with van der Waals surface area (Å²) in [5.74, 6) is -0.740. The van der Waals surface area contributed by atoms with Crippen molar-refractivity contribution in [3.05, 3.63) is 41.3 Å². The molecule has 2 aromatic rings. The van der Waals surface area contributed by atoms with Crippen LogP contribution >= 0.6 is 0 Å². The van der Waals surface area contributed by atoms with Gasteiger partial charge in [-0.2, -0.15) is 18.2 Å². The summed E-state index contributed by atoms with van der Waals surface area (Å²) in [6.07, 6.45) is -4.53. The standard InChI is InChI=1S/C11H10F3N3O3S/c1-7-15-10(16-20-7)17-21(18,19)6-8-3-2-4-9(5-8)11(12,13)14/h2-5H,6H2,1H3,(H,16,17). The minimum atomic E-state index is -4.53. The minimum Gasteiger partial charge on any atom is -0.338 e. The summed E-state index contributed by atoms with van der Waals surface area (Å²) in [5, 5.41) is 3.34. The van der Waals surface area contributed by atoms with E-state index >= 15 is 0 Å². The highest BCUT2D eigenvalue weighted by Gasteiger charge is 2.30. The number of nitrogens with one attached hydrogen (secondary N) is 1. The number of rotatable bonds is 4. The molecular formula is C11H10F3N3O3S.